The first-order valence-electron chi connectivity index (χ1n) is 8.33. The molecule has 6 heteroatoms. The monoisotopic (exact) mass is 335 g/mol. The highest BCUT2D eigenvalue weighted by molar-refractivity contribution is 5.66. The average molecular weight is 335 g/mol. The first kappa shape index (κ1) is 16.9. The Balaban J connectivity index is 2.14. The van der Waals surface area contributed by atoms with Crippen LogP contribution >= 0.6 is 0 Å². The second kappa shape index (κ2) is 7.27. The van der Waals surface area contributed by atoms with Crippen LogP contribution in [-0.2, 0) is 12.8 Å². The van der Waals surface area contributed by atoms with E-state index in [9.17, 15) is 4.79 Å². The predicted molar refractivity (Wildman–Crippen MR) is 99.6 cm³/mol. The van der Waals surface area contributed by atoms with E-state index >= 15 is 0 Å². The smallest absolute Gasteiger partial charge is 0.290 e. The molecule has 0 amide bonds. The number of aromatic nitrogens is 3. The Kier molecular flexibility index (Phi) is 4.90. The fourth-order valence-corrected chi connectivity index (χ4v) is 2.85. The predicted octanol–water partition coefficient (Wildman–Crippen LogP) is 2.97. The minimum atomic E-state index is -0.473. The molecule has 0 saturated carbocycles. The summed E-state index contributed by atoms with van der Waals surface area (Å²) >= 11 is 0. The molecular formula is C19H21N5O. The van der Waals surface area contributed by atoms with Crippen LogP contribution in [-0.4, -0.2) is 15.0 Å². The van der Waals surface area contributed by atoms with Crippen molar-refractivity contribution in [2.24, 2.45) is 5.84 Å². The number of hydrogen-bond acceptors (Lipinski definition) is 5. The molecule has 0 bridgehead atoms. The lowest BCUT2D eigenvalue weighted by atomic mass is 9.97. The zero-order chi connectivity index (χ0) is 17.8. The van der Waals surface area contributed by atoms with Crippen LogP contribution in [0.4, 0.5) is 11.6 Å². The van der Waals surface area contributed by atoms with Crippen LogP contribution in [0.15, 0.2) is 53.3 Å². The number of benzene rings is 2. The molecule has 0 atom stereocenters. The van der Waals surface area contributed by atoms with E-state index in [4.69, 9.17) is 5.84 Å². The zero-order valence-electron chi connectivity index (χ0n) is 14.4. The van der Waals surface area contributed by atoms with Crippen LogP contribution < -0.4 is 16.5 Å². The highest BCUT2D eigenvalue weighted by Crippen LogP contribution is 2.27. The van der Waals surface area contributed by atoms with Crippen LogP contribution in [0.25, 0.3) is 11.4 Å². The molecule has 0 aliphatic rings. The number of nitrogens with zero attached hydrogens (tertiary/aromatic N) is 3. The molecule has 0 aliphatic heterocycles. The van der Waals surface area contributed by atoms with Gasteiger partial charge in [-0.15, -0.1) is 0 Å². The van der Waals surface area contributed by atoms with Gasteiger partial charge in [0.1, 0.15) is 5.82 Å². The number of anilines is 2. The average Bonchev–Trinajstić information content (AvgIpc) is 2.66. The van der Waals surface area contributed by atoms with E-state index in [1.54, 1.807) is 0 Å². The maximum Gasteiger partial charge on any atom is 0.349 e. The van der Waals surface area contributed by atoms with Gasteiger partial charge in [0.05, 0.1) is 5.69 Å². The van der Waals surface area contributed by atoms with E-state index in [0.29, 0.717) is 11.5 Å². The topological polar surface area (TPSA) is 87.9 Å². The molecule has 0 spiro atoms. The summed E-state index contributed by atoms with van der Waals surface area (Å²) in [4.78, 5) is 23.3. The number of rotatable bonds is 5. The standard InChI is InChI=1S/C19H21N5O/c1-3-13-9-8-10-14(4-2)16(13)17-21-18(23-19(25)22-17)24(20)15-11-6-5-7-12-15/h5-12H,3-4,20H2,1-2H3,(H,21,22,23,25). The number of hydrogen-bond donors (Lipinski definition) is 2. The van der Waals surface area contributed by atoms with E-state index in [1.165, 1.54) is 5.01 Å². The number of hydrazine groups is 1. The van der Waals surface area contributed by atoms with Gasteiger partial charge in [-0.25, -0.2) is 15.6 Å². The largest absolute Gasteiger partial charge is 0.349 e. The van der Waals surface area contributed by atoms with Crippen LogP contribution in [0.3, 0.4) is 0 Å². The molecule has 25 heavy (non-hydrogen) atoms. The molecule has 1 aromatic heterocycles. The quantitative estimate of drug-likeness (QED) is 0.553. The van der Waals surface area contributed by atoms with Gasteiger partial charge < -0.3 is 0 Å². The van der Waals surface area contributed by atoms with Crippen LogP contribution in [0.1, 0.15) is 25.0 Å². The highest BCUT2D eigenvalue weighted by Gasteiger charge is 2.15. The van der Waals surface area contributed by atoms with Crippen molar-refractivity contribution < 1.29 is 0 Å². The molecule has 3 rings (SSSR count). The molecule has 0 fully saturated rings. The van der Waals surface area contributed by atoms with Crippen molar-refractivity contribution in [2.75, 3.05) is 5.01 Å². The van der Waals surface area contributed by atoms with Gasteiger partial charge in [-0.05, 0) is 36.1 Å². The summed E-state index contributed by atoms with van der Waals surface area (Å²) in [6, 6.07) is 15.4. The minimum absolute atomic E-state index is 0.165. The maximum atomic E-state index is 12.1. The van der Waals surface area contributed by atoms with Gasteiger partial charge >= 0.3 is 5.69 Å². The van der Waals surface area contributed by atoms with Gasteiger partial charge in [0.2, 0.25) is 0 Å². The molecule has 3 N–H and O–H groups in total. The number of aryl methyl sites for hydroxylation is 2. The summed E-state index contributed by atoms with van der Waals surface area (Å²) in [6.45, 7) is 4.16. The Morgan fingerprint density at radius 1 is 0.960 bits per heavy atom. The van der Waals surface area contributed by atoms with Crippen molar-refractivity contribution >= 4 is 11.6 Å². The van der Waals surface area contributed by atoms with Crippen LogP contribution in [0.2, 0.25) is 0 Å². The number of nitrogens with two attached hydrogens (primary N) is 1. The third kappa shape index (κ3) is 3.44. The Hall–Kier alpha value is -2.99. The second-order valence-corrected chi connectivity index (χ2v) is 5.67. The van der Waals surface area contributed by atoms with Crippen molar-refractivity contribution in [1.29, 1.82) is 0 Å². The van der Waals surface area contributed by atoms with Crippen molar-refractivity contribution in [3.63, 3.8) is 0 Å². The lowest BCUT2D eigenvalue weighted by Gasteiger charge is -2.18. The summed E-state index contributed by atoms with van der Waals surface area (Å²) in [6.07, 6.45) is 1.69. The maximum absolute atomic E-state index is 12.1. The van der Waals surface area contributed by atoms with Gasteiger partial charge in [0.25, 0.3) is 5.95 Å². The van der Waals surface area contributed by atoms with E-state index in [0.717, 1.165) is 29.5 Å². The number of para-hydroxylation sites is 1. The van der Waals surface area contributed by atoms with E-state index in [2.05, 4.69) is 28.8 Å². The molecule has 0 aliphatic carbocycles. The molecule has 2 aromatic carbocycles. The Morgan fingerprint density at radius 2 is 1.60 bits per heavy atom. The SMILES string of the molecule is CCc1cccc(CC)c1-c1nc(N(N)c2ccccc2)nc(=O)[nH]1. The second-order valence-electron chi connectivity index (χ2n) is 5.67. The molecule has 128 valence electrons. The molecule has 3 aromatic rings. The highest BCUT2D eigenvalue weighted by atomic mass is 16.1. The van der Waals surface area contributed by atoms with Crippen molar-refractivity contribution in [3.8, 4) is 11.4 Å². The van der Waals surface area contributed by atoms with E-state index in [-0.39, 0.29) is 5.95 Å². The van der Waals surface area contributed by atoms with Crippen molar-refractivity contribution in [1.82, 2.24) is 15.0 Å². The van der Waals surface area contributed by atoms with Gasteiger partial charge in [-0.2, -0.15) is 9.97 Å². The third-order valence-electron chi connectivity index (χ3n) is 4.12. The van der Waals surface area contributed by atoms with Gasteiger partial charge in [-0.3, -0.25) is 4.98 Å². The van der Waals surface area contributed by atoms with Crippen LogP contribution in [0, 0.1) is 0 Å². The number of aromatic amines is 1. The molecule has 6 nitrogen and oxygen atoms in total. The first-order valence-corrected chi connectivity index (χ1v) is 8.33. The van der Waals surface area contributed by atoms with E-state index < -0.39 is 5.69 Å². The normalized spacial score (nSPS) is 10.7. The first-order chi connectivity index (χ1) is 12.1. The molecular weight excluding hydrogens is 314 g/mol. The molecule has 1 heterocycles. The Bertz CT molecular complexity index is 898. The summed E-state index contributed by atoms with van der Waals surface area (Å²) < 4.78 is 0. The Morgan fingerprint density at radius 3 is 2.20 bits per heavy atom. The minimum Gasteiger partial charge on any atom is -0.290 e. The summed E-state index contributed by atoms with van der Waals surface area (Å²) in [7, 11) is 0. The lowest BCUT2D eigenvalue weighted by molar-refractivity contribution is 0.913. The molecule has 0 unspecified atom stereocenters. The zero-order valence-corrected chi connectivity index (χ0v) is 14.4. The van der Waals surface area contributed by atoms with Gasteiger partial charge in [0.15, 0.2) is 0 Å². The lowest BCUT2D eigenvalue weighted by Crippen LogP contribution is -2.30. The summed E-state index contributed by atoms with van der Waals surface area (Å²) in [5.41, 5.74) is 3.44. The van der Waals surface area contributed by atoms with Crippen LogP contribution in [0.5, 0.6) is 0 Å². The fraction of sp³-hybridized carbons (Fsp3) is 0.211. The van der Waals surface area contributed by atoms with Gasteiger partial charge in [-0.1, -0.05) is 50.2 Å². The summed E-state index contributed by atoms with van der Waals surface area (Å²) in [5.74, 6) is 6.79. The summed E-state index contributed by atoms with van der Waals surface area (Å²) in [5, 5.41) is 1.32. The van der Waals surface area contributed by atoms with Gasteiger partial charge in [0, 0.05) is 5.56 Å². The third-order valence-corrected chi connectivity index (χ3v) is 4.12. The fourth-order valence-electron chi connectivity index (χ4n) is 2.85. The number of H-pyrrole nitrogens is 1. The van der Waals surface area contributed by atoms with Crippen molar-refractivity contribution in [2.45, 2.75) is 26.7 Å². The molecule has 0 saturated heterocycles. The Labute approximate surface area is 146 Å². The van der Waals surface area contributed by atoms with Crippen molar-refractivity contribution in [3.05, 3.63) is 70.1 Å². The van der Waals surface area contributed by atoms with E-state index in [1.807, 2.05) is 48.5 Å². The number of nitrogens with one attached hydrogen (secondary N) is 1. The molecule has 0 radical (unpaired) electrons.